The Morgan fingerprint density at radius 2 is 2.00 bits per heavy atom. The molecule has 0 radical (unpaired) electrons. The smallest absolute Gasteiger partial charge is 0.113 e. The van der Waals surface area contributed by atoms with Crippen molar-refractivity contribution in [1.29, 1.82) is 0 Å². The molecule has 1 heterocycles. The van der Waals surface area contributed by atoms with Crippen molar-refractivity contribution in [3.8, 4) is 0 Å². The summed E-state index contributed by atoms with van der Waals surface area (Å²) in [5.41, 5.74) is 1.21. The van der Waals surface area contributed by atoms with E-state index in [2.05, 4.69) is 17.2 Å². The van der Waals surface area contributed by atoms with Crippen molar-refractivity contribution >= 4 is 34.5 Å². The summed E-state index contributed by atoms with van der Waals surface area (Å²) in [6, 6.07) is 8.10. The Bertz CT molecular complexity index is 482. The third-order valence-electron chi connectivity index (χ3n) is 2.45. The van der Waals surface area contributed by atoms with Crippen LogP contribution in [0.3, 0.4) is 0 Å². The van der Waals surface area contributed by atoms with Crippen LogP contribution in [0, 0.1) is 0 Å². The Labute approximate surface area is 115 Å². The molecule has 0 unspecified atom stereocenters. The van der Waals surface area contributed by atoms with Crippen molar-refractivity contribution in [3.63, 3.8) is 0 Å². The summed E-state index contributed by atoms with van der Waals surface area (Å²) < 4.78 is 0.723. The highest BCUT2D eigenvalue weighted by atomic mass is 35.5. The van der Waals surface area contributed by atoms with Crippen LogP contribution < -0.4 is 5.32 Å². The van der Waals surface area contributed by atoms with Crippen LogP contribution in [0.1, 0.15) is 23.5 Å². The average Bonchev–Trinajstić information content (AvgIpc) is 2.73. The summed E-state index contributed by atoms with van der Waals surface area (Å²) in [4.78, 5) is 4.20. The highest BCUT2D eigenvalue weighted by molar-refractivity contribution is 7.15. The van der Waals surface area contributed by atoms with Gasteiger partial charge in [0.2, 0.25) is 0 Å². The van der Waals surface area contributed by atoms with Gasteiger partial charge in [-0.15, -0.1) is 11.3 Å². The molecule has 5 heteroatoms. The van der Waals surface area contributed by atoms with Crippen molar-refractivity contribution in [3.05, 3.63) is 50.4 Å². The molecule has 0 aliphatic heterocycles. The molecule has 1 aromatic carbocycles. The predicted octanol–water partition coefficient (Wildman–Crippen LogP) is 4.30. The van der Waals surface area contributed by atoms with Gasteiger partial charge in [-0.2, -0.15) is 0 Å². The van der Waals surface area contributed by atoms with Gasteiger partial charge in [-0.1, -0.05) is 35.3 Å². The molecule has 0 spiro atoms. The molecule has 2 aromatic rings. The number of aromatic nitrogens is 1. The second kappa shape index (κ2) is 5.83. The average molecular weight is 287 g/mol. The molecule has 17 heavy (non-hydrogen) atoms. The van der Waals surface area contributed by atoms with E-state index >= 15 is 0 Å². The van der Waals surface area contributed by atoms with Gasteiger partial charge in [-0.25, -0.2) is 4.98 Å². The van der Waals surface area contributed by atoms with E-state index in [-0.39, 0.29) is 6.04 Å². The van der Waals surface area contributed by atoms with Crippen molar-refractivity contribution in [1.82, 2.24) is 10.3 Å². The summed E-state index contributed by atoms with van der Waals surface area (Å²) in [6.45, 7) is 2.83. The van der Waals surface area contributed by atoms with E-state index in [1.165, 1.54) is 16.9 Å². The van der Waals surface area contributed by atoms with Gasteiger partial charge in [-0.05, 0) is 24.6 Å². The van der Waals surface area contributed by atoms with E-state index in [1.54, 1.807) is 6.20 Å². The lowest BCUT2D eigenvalue weighted by atomic mass is 10.1. The molecular weight excluding hydrogens is 275 g/mol. The quantitative estimate of drug-likeness (QED) is 0.906. The Morgan fingerprint density at radius 3 is 2.59 bits per heavy atom. The zero-order valence-electron chi connectivity index (χ0n) is 9.28. The van der Waals surface area contributed by atoms with E-state index in [4.69, 9.17) is 23.2 Å². The fourth-order valence-corrected chi connectivity index (χ4v) is 2.51. The summed E-state index contributed by atoms with van der Waals surface area (Å²) >= 11 is 13.2. The van der Waals surface area contributed by atoms with Gasteiger partial charge in [0.05, 0.1) is 6.20 Å². The first-order valence-electron chi connectivity index (χ1n) is 5.24. The van der Waals surface area contributed by atoms with E-state index in [1.807, 2.05) is 24.3 Å². The first-order chi connectivity index (χ1) is 8.15. The van der Waals surface area contributed by atoms with Crippen LogP contribution in [-0.4, -0.2) is 4.98 Å². The second-order valence-electron chi connectivity index (χ2n) is 3.71. The molecule has 2 rings (SSSR count). The molecule has 0 amide bonds. The van der Waals surface area contributed by atoms with Crippen molar-refractivity contribution in [2.24, 2.45) is 0 Å². The molecule has 1 atom stereocenters. The van der Waals surface area contributed by atoms with Crippen LogP contribution in [0.15, 0.2) is 30.5 Å². The standard InChI is InChI=1S/C12H12Cl2N2S/c1-8(9-2-4-10(13)5-3-9)15-7-12-16-6-11(14)17-12/h2-6,8,15H,7H2,1H3/t8-/m1/s1. The van der Waals surface area contributed by atoms with E-state index in [9.17, 15) is 0 Å². The Hall–Kier alpha value is -0.610. The van der Waals surface area contributed by atoms with Crippen molar-refractivity contribution in [2.75, 3.05) is 0 Å². The third-order valence-corrected chi connectivity index (χ3v) is 3.82. The zero-order valence-corrected chi connectivity index (χ0v) is 11.6. The van der Waals surface area contributed by atoms with Gasteiger partial charge >= 0.3 is 0 Å². The maximum atomic E-state index is 5.85. The fraction of sp³-hybridized carbons (Fsp3) is 0.250. The van der Waals surface area contributed by atoms with E-state index in [0.29, 0.717) is 0 Å². The minimum absolute atomic E-state index is 0.259. The van der Waals surface area contributed by atoms with Gasteiger partial charge < -0.3 is 5.32 Å². The second-order valence-corrected chi connectivity index (χ2v) is 5.90. The van der Waals surface area contributed by atoms with E-state index < -0.39 is 0 Å². The van der Waals surface area contributed by atoms with Crippen molar-refractivity contribution < 1.29 is 0 Å². The number of hydrogen-bond donors (Lipinski definition) is 1. The van der Waals surface area contributed by atoms with Gasteiger partial charge in [0.25, 0.3) is 0 Å². The minimum Gasteiger partial charge on any atom is -0.304 e. The summed E-state index contributed by atoms with van der Waals surface area (Å²) in [7, 11) is 0. The van der Waals surface area contributed by atoms with Gasteiger partial charge in [-0.3, -0.25) is 0 Å². The Morgan fingerprint density at radius 1 is 1.29 bits per heavy atom. The molecule has 2 nitrogen and oxygen atoms in total. The summed E-state index contributed by atoms with van der Waals surface area (Å²) in [5, 5.41) is 5.15. The number of benzene rings is 1. The van der Waals surface area contributed by atoms with Crippen LogP contribution in [0.2, 0.25) is 9.36 Å². The number of nitrogens with zero attached hydrogens (tertiary/aromatic N) is 1. The van der Waals surface area contributed by atoms with Crippen LogP contribution in [-0.2, 0) is 6.54 Å². The number of halogens is 2. The number of hydrogen-bond acceptors (Lipinski definition) is 3. The third kappa shape index (κ3) is 3.68. The molecule has 90 valence electrons. The van der Waals surface area contributed by atoms with E-state index in [0.717, 1.165) is 20.9 Å². The highest BCUT2D eigenvalue weighted by Gasteiger charge is 2.06. The molecule has 0 aliphatic carbocycles. The lowest BCUT2D eigenvalue weighted by Gasteiger charge is -2.13. The highest BCUT2D eigenvalue weighted by Crippen LogP contribution is 2.20. The Kier molecular flexibility index (Phi) is 4.40. The maximum Gasteiger partial charge on any atom is 0.113 e. The number of rotatable bonds is 4. The van der Waals surface area contributed by atoms with Crippen LogP contribution in [0.25, 0.3) is 0 Å². The molecule has 0 fully saturated rings. The summed E-state index contributed by atoms with van der Waals surface area (Å²) in [6.07, 6.45) is 1.68. The van der Waals surface area contributed by atoms with Crippen LogP contribution in [0.4, 0.5) is 0 Å². The fourth-order valence-electron chi connectivity index (χ4n) is 1.48. The molecule has 0 saturated carbocycles. The lowest BCUT2D eigenvalue weighted by Crippen LogP contribution is -2.17. The zero-order chi connectivity index (χ0) is 12.3. The maximum absolute atomic E-state index is 5.85. The van der Waals surface area contributed by atoms with Gasteiger partial charge in [0.15, 0.2) is 0 Å². The molecule has 1 N–H and O–H groups in total. The molecule has 0 bridgehead atoms. The molecule has 0 aliphatic rings. The topological polar surface area (TPSA) is 24.9 Å². The number of nitrogens with one attached hydrogen (secondary N) is 1. The predicted molar refractivity (Wildman–Crippen MR) is 73.8 cm³/mol. The molecule has 1 aromatic heterocycles. The number of thiazole rings is 1. The minimum atomic E-state index is 0.259. The van der Waals surface area contributed by atoms with Crippen LogP contribution in [0.5, 0.6) is 0 Å². The molecule has 0 saturated heterocycles. The first-order valence-corrected chi connectivity index (χ1v) is 6.81. The van der Waals surface area contributed by atoms with Gasteiger partial charge in [0.1, 0.15) is 9.34 Å². The summed E-state index contributed by atoms with van der Waals surface area (Å²) in [5.74, 6) is 0. The monoisotopic (exact) mass is 286 g/mol. The first kappa shape index (κ1) is 12.8. The molecular formula is C12H12Cl2N2S. The SMILES string of the molecule is C[C@@H](NCc1ncc(Cl)s1)c1ccc(Cl)cc1. The normalized spacial score (nSPS) is 12.6. The largest absolute Gasteiger partial charge is 0.304 e. The lowest BCUT2D eigenvalue weighted by molar-refractivity contribution is 0.573. The van der Waals surface area contributed by atoms with Crippen LogP contribution >= 0.6 is 34.5 Å². The van der Waals surface area contributed by atoms with Crippen molar-refractivity contribution in [2.45, 2.75) is 19.5 Å². The van der Waals surface area contributed by atoms with Gasteiger partial charge in [0, 0.05) is 17.6 Å². The Balaban J connectivity index is 1.93.